The molecule has 0 saturated carbocycles. The maximum Gasteiger partial charge on any atom is 0.348 e. The highest BCUT2D eigenvalue weighted by Gasteiger charge is 2.22. The second kappa shape index (κ2) is 15.0. The Balaban J connectivity index is 0.00000481. The molecule has 1 atom stereocenters. The third-order valence-corrected chi connectivity index (χ3v) is 7.59. The van der Waals surface area contributed by atoms with Gasteiger partial charge in [0, 0.05) is 26.2 Å². The van der Waals surface area contributed by atoms with Crippen molar-refractivity contribution in [3.63, 3.8) is 0 Å². The summed E-state index contributed by atoms with van der Waals surface area (Å²) in [6.45, 7) is 2.53. The molecule has 0 saturated heterocycles. The summed E-state index contributed by atoms with van der Waals surface area (Å²) in [5.41, 5.74) is 7.82. The molecule has 0 aliphatic heterocycles. The predicted octanol–water partition coefficient (Wildman–Crippen LogP) is 8.00. The molecule has 200 valence electrons. The van der Waals surface area contributed by atoms with E-state index in [1.54, 1.807) is 11.8 Å². The van der Waals surface area contributed by atoms with Crippen LogP contribution < -0.4 is 10.5 Å². The van der Waals surface area contributed by atoms with Crippen molar-refractivity contribution >= 4 is 43.4 Å². The van der Waals surface area contributed by atoms with Gasteiger partial charge in [0.05, 0.1) is 0 Å². The van der Waals surface area contributed by atoms with Gasteiger partial charge in [0.15, 0.2) is 0 Å². The van der Waals surface area contributed by atoms with E-state index in [-0.39, 0.29) is 12.4 Å². The molecule has 9 heteroatoms. The zero-order valence-electron chi connectivity index (χ0n) is 20.8. The van der Waals surface area contributed by atoms with Gasteiger partial charge in [0.25, 0.3) is 0 Å². The van der Waals surface area contributed by atoms with Crippen LogP contribution >= 0.6 is 43.4 Å². The first kappa shape index (κ1) is 31.5. The predicted molar refractivity (Wildman–Crippen MR) is 156 cm³/mol. The van der Waals surface area contributed by atoms with Gasteiger partial charge < -0.3 is 20.3 Å². The van der Waals surface area contributed by atoms with Crippen molar-refractivity contribution in [2.75, 3.05) is 0 Å². The number of halogens is 2. The van der Waals surface area contributed by atoms with E-state index in [0.29, 0.717) is 24.5 Å². The summed E-state index contributed by atoms with van der Waals surface area (Å²) in [7, 11) is -4.23. The van der Waals surface area contributed by atoms with Gasteiger partial charge in [0.2, 0.25) is 0 Å². The molecule has 1 unspecified atom stereocenters. The summed E-state index contributed by atoms with van der Waals surface area (Å²) >= 11 is 8.21. The van der Waals surface area contributed by atoms with E-state index in [2.05, 4.69) is 6.07 Å². The van der Waals surface area contributed by atoms with Crippen LogP contribution in [0.3, 0.4) is 0 Å². The van der Waals surface area contributed by atoms with Crippen molar-refractivity contribution in [3.8, 4) is 5.75 Å². The highest BCUT2D eigenvalue weighted by atomic mass is 35.5. The van der Waals surface area contributed by atoms with E-state index in [4.69, 9.17) is 31.9 Å². The molecular formula is C28H34Cl2NO4PS. The zero-order valence-corrected chi connectivity index (χ0v) is 24.0. The average Bonchev–Trinajstić information content (AvgIpc) is 2.84. The summed E-state index contributed by atoms with van der Waals surface area (Å²) < 4.78 is 17.2. The van der Waals surface area contributed by atoms with Crippen molar-refractivity contribution in [3.05, 3.63) is 101 Å². The second-order valence-corrected chi connectivity index (χ2v) is 11.9. The smallest absolute Gasteiger partial charge is 0.348 e. The fourth-order valence-electron chi connectivity index (χ4n) is 3.91. The molecule has 0 fully saturated rings. The first-order chi connectivity index (χ1) is 17.2. The summed E-state index contributed by atoms with van der Waals surface area (Å²) in [5.74, 6) is 1.74. The van der Waals surface area contributed by atoms with Gasteiger partial charge in [-0.1, -0.05) is 85.2 Å². The van der Waals surface area contributed by atoms with Gasteiger partial charge in [-0.25, -0.2) is 0 Å². The number of nitrogens with two attached hydrogens (primary N) is 1. The van der Waals surface area contributed by atoms with Crippen LogP contribution in [-0.4, -0.2) is 15.3 Å². The minimum absolute atomic E-state index is 0. The topological polar surface area (TPSA) is 92.8 Å². The Morgan fingerprint density at radius 1 is 1.03 bits per heavy atom. The van der Waals surface area contributed by atoms with Crippen LogP contribution in [0.25, 0.3) is 0 Å². The maximum atomic E-state index is 11.2. The van der Waals surface area contributed by atoms with Crippen LogP contribution in [0.15, 0.2) is 94.5 Å². The van der Waals surface area contributed by atoms with Crippen molar-refractivity contribution in [2.24, 2.45) is 5.73 Å². The van der Waals surface area contributed by atoms with Crippen LogP contribution in [0.4, 0.5) is 0 Å². The van der Waals surface area contributed by atoms with Gasteiger partial charge in [-0.15, -0.1) is 12.4 Å². The molecule has 0 bridgehead atoms. The van der Waals surface area contributed by atoms with Crippen LogP contribution in [0, 0.1) is 0 Å². The first-order valence-corrected chi connectivity index (χ1v) is 14.8. The zero-order chi connectivity index (χ0) is 26.0. The normalized spacial score (nSPS) is 13.2. The Hall–Kier alpha value is -1.76. The third-order valence-electron chi connectivity index (χ3n) is 5.72. The third kappa shape index (κ3) is 11.3. The Morgan fingerprint density at radius 2 is 1.76 bits per heavy atom. The SMILES string of the molecule is CCCC(N)(/C=C/P(=O)(O)O)CCCc1ccc(Sc2cccc(OCc3ccccc3)c2)cc1Cl.Cl. The number of aryl methyl sites for hydroxylation is 1. The maximum absolute atomic E-state index is 11.2. The van der Waals surface area contributed by atoms with Gasteiger partial charge in [-0.3, -0.25) is 4.57 Å². The standard InChI is InChI=1S/C28H33ClNO4PS.ClH/c1-2-15-28(30,17-18-35(31,32)33)16-7-10-23-13-14-26(20-27(23)29)36-25-12-6-11-24(19-25)34-21-22-8-4-3-5-9-22;/h3-6,8-9,11-14,17-20H,2,7,10,15-16,21,30H2,1H3,(H2,31,32,33);1H/b18-17+;. The molecule has 0 aliphatic rings. The Labute approximate surface area is 235 Å². The van der Waals surface area contributed by atoms with E-state index in [1.807, 2.05) is 73.7 Å². The monoisotopic (exact) mass is 581 g/mol. The lowest BCUT2D eigenvalue weighted by Crippen LogP contribution is -2.37. The van der Waals surface area contributed by atoms with E-state index in [0.717, 1.165) is 51.7 Å². The largest absolute Gasteiger partial charge is 0.489 e. The van der Waals surface area contributed by atoms with Crippen LogP contribution in [-0.2, 0) is 17.6 Å². The lowest BCUT2D eigenvalue weighted by Gasteiger charge is -2.26. The van der Waals surface area contributed by atoms with Gasteiger partial charge in [-0.2, -0.15) is 0 Å². The van der Waals surface area contributed by atoms with Crippen molar-refractivity contribution in [1.82, 2.24) is 0 Å². The lowest BCUT2D eigenvalue weighted by atomic mass is 9.88. The molecule has 0 aromatic heterocycles. The molecule has 3 aromatic carbocycles. The van der Waals surface area contributed by atoms with Crippen LogP contribution in [0.1, 0.15) is 43.7 Å². The van der Waals surface area contributed by atoms with Gasteiger partial charge in [-0.05, 0) is 67.1 Å². The summed E-state index contributed by atoms with van der Waals surface area (Å²) in [4.78, 5) is 20.4. The van der Waals surface area contributed by atoms with Crippen molar-refractivity contribution in [2.45, 2.75) is 61.0 Å². The van der Waals surface area contributed by atoms with E-state index < -0.39 is 13.1 Å². The summed E-state index contributed by atoms with van der Waals surface area (Å²) in [6.07, 6.45) is 5.05. The highest BCUT2D eigenvalue weighted by molar-refractivity contribution is 7.99. The van der Waals surface area contributed by atoms with Crippen molar-refractivity contribution in [1.29, 1.82) is 0 Å². The number of ether oxygens (including phenoxy) is 1. The average molecular weight is 583 g/mol. The summed E-state index contributed by atoms with van der Waals surface area (Å²) in [5, 5.41) is 0.695. The molecule has 5 nitrogen and oxygen atoms in total. The Bertz CT molecular complexity index is 1210. The molecule has 0 spiro atoms. The fourth-order valence-corrected chi connectivity index (χ4v) is 5.65. The number of hydrogen-bond donors (Lipinski definition) is 3. The van der Waals surface area contributed by atoms with E-state index >= 15 is 0 Å². The fraction of sp³-hybridized carbons (Fsp3) is 0.286. The van der Waals surface area contributed by atoms with E-state index in [9.17, 15) is 4.57 Å². The highest BCUT2D eigenvalue weighted by Crippen LogP contribution is 2.38. The molecule has 0 aliphatic carbocycles. The molecular weight excluding hydrogens is 548 g/mol. The first-order valence-electron chi connectivity index (χ1n) is 11.9. The minimum Gasteiger partial charge on any atom is -0.489 e. The quantitative estimate of drug-likeness (QED) is 0.177. The Kier molecular flexibility index (Phi) is 12.7. The molecule has 37 heavy (non-hydrogen) atoms. The van der Waals surface area contributed by atoms with E-state index in [1.165, 1.54) is 6.08 Å². The molecule has 3 rings (SSSR count). The molecule has 0 amide bonds. The molecule has 4 N–H and O–H groups in total. The van der Waals surface area contributed by atoms with Gasteiger partial charge >= 0.3 is 7.60 Å². The molecule has 3 aromatic rings. The summed E-state index contributed by atoms with van der Waals surface area (Å²) in [6, 6.07) is 24.1. The Morgan fingerprint density at radius 3 is 2.43 bits per heavy atom. The van der Waals surface area contributed by atoms with Crippen LogP contribution in [0.5, 0.6) is 5.75 Å². The second-order valence-electron chi connectivity index (χ2n) is 8.85. The van der Waals surface area contributed by atoms with Crippen molar-refractivity contribution < 1.29 is 19.1 Å². The number of hydrogen-bond acceptors (Lipinski definition) is 4. The van der Waals surface area contributed by atoms with Gasteiger partial charge in [0.1, 0.15) is 12.4 Å². The van der Waals surface area contributed by atoms with Crippen LogP contribution in [0.2, 0.25) is 5.02 Å². The molecule has 0 radical (unpaired) electrons. The molecule has 0 heterocycles. The number of benzene rings is 3. The lowest BCUT2D eigenvalue weighted by molar-refractivity contribution is 0.305. The number of rotatable bonds is 13. The minimum atomic E-state index is -4.23.